The Morgan fingerprint density at radius 1 is 1.38 bits per heavy atom. The van der Waals surface area contributed by atoms with E-state index in [2.05, 4.69) is 11.1 Å². The van der Waals surface area contributed by atoms with Crippen LogP contribution in [0.5, 0.6) is 0 Å². The van der Waals surface area contributed by atoms with Crippen LogP contribution in [-0.4, -0.2) is 10.2 Å². The van der Waals surface area contributed by atoms with Crippen molar-refractivity contribution in [2.45, 2.75) is 55.3 Å². The number of hydrogen-bond donors (Lipinski definition) is 1. The molecule has 1 unspecified atom stereocenters. The molecule has 1 aliphatic carbocycles. The van der Waals surface area contributed by atoms with Crippen LogP contribution in [0.3, 0.4) is 0 Å². The predicted octanol–water partition coefficient (Wildman–Crippen LogP) is 3.53. The van der Waals surface area contributed by atoms with E-state index in [1.807, 2.05) is 30.9 Å². The molecule has 2 rings (SSSR count). The van der Waals surface area contributed by atoms with Gasteiger partial charge < -0.3 is 5.73 Å². The molecular weight excluding hydrogens is 216 g/mol. The average Bonchev–Trinajstić information content (AvgIpc) is 2.30. The molecule has 0 aliphatic heterocycles. The number of nitrogens with two attached hydrogens (primary N) is 1. The summed E-state index contributed by atoms with van der Waals surface area (Å²) in [6.45, 7) is 2.02. The number of nitrogens with zero attached hydrogens (tertiary/aromatic N) is 1. The third kappa shape index (κ3) is 3.22. The first-order valence-corrected chi connectivity index (χ1v) is 7.02. The summed E-state index contributed by atoms with van der Waals surface area (Å²) in [5, 5.41) is 1.91. The molecule has 0 spiro atoms. The Kier molecular flexibility index (Phi) is 4.24. The minimum atomic E-state index is 0.105. The second-order valence-electron chi connectivity index (χ2n) is 4.59. The zero-order valence-electron chi connectivity index (χ0n) is 9.86. The fraction of sp³-hybridized carbons (Fsp3) is 0.615. The van der Waals surface area contributed by atoms with Gasteiger partial charge in [-0.05, 0) is 37.5 Å². The van der Waals surface area contributed by atoms with Crippen molar-refractivity contribution in [2.24, 2.45) is 5.73 Å². The number of pyridine rings is 1. The first kappa shape index (κ1) is 11.9. The summed E-state index contributed by atoms with van der Waals surface area (Å²) in [5.41, 5.74) is 7.07. The smallest absolute Gasteiger partial charge is 0.0965 e. The van der Waals surface area contributed by atoms with Crippen molar-refractivity contribution < 1.29 is 0 Å². The van der Waals surface area contributed by atoms with E-state index < -0.39 is 0 Å². The molecule has 2 N–H and O–H groups in total. The van der Waals surface area contributed by atoms with Crippen LogP contribution in [0.1, 0.15) is 50.6 Å². The van der Waals surface area contributed by atoms with Crippen molar-refractivity contribution in [3.05, 3.63) is 23.9 Å². The minimum Gasteiger partial charge on any atom is -0.324 e. The largest absolute Gasteiger partial charge is 0.324 e. The van der Waals surface area contributed by atoms with Crippen LogP contribution in [0.2, 0.25) is 0 Å². The van der Waals surface area contributed by atoms with E-state index in [0.29, 0.717) is 0 Å². The SMILES string of the molecule is CC(N)c1ccnc(SC2CCCCC2)c1. The van der Waals surface area contributed by atoms with E-state index >= 15 is 0 Å². The summed E-state index contributed by atoms with van der Waals surface area (Å²) in [6.07, 6.45) is 8.73. The zero-order chi connectivity index (χ0) is 11.4. The van der Waals surface area contributed by atoms with E-state index in [9.17, 15) is 0 Å². The summed E-state index contributed by atoms with van der Waals surface area (Å²) < 4.78 is 0. The number of thioether (sulfide) groups is 1. The summed E-state index contributed by atoms with van der Waals surface area (Å²) >= 11 is 1.93. The van der Waals surface area contributed by atoms with Crippen LogP contribution in [0, 0.1) is 0 Å². The monoisotopic (exact) mass is 236 g/mol. The van der Waals surface area contributed by atoms with Gasteiger partial charge in [-0.1, -0.05) is 19.3 Å². The fourth-order valence-electron chi connectivity index (χ4n) is 2.13. The molecule has 1 heterocycles. The molecule has 1 aliphatic rings. The van der Waals surface area contributed by atoms with Gasteiger partial charge in [-0.25, -0.2) is 4.98 Å². The maximum atomic E-state index is 5.88. The maximum Gasteiger partial charge on any atom is 0.0965 e. The Hall–Kier alpha value is -0.540. The number of hydrogen-bond acceptors (Lipinski definition) is 3. The molecule has 0 aromatic carbocycles. The molecule has 1 saturated carbocycles. The average molecular weight is 236 g/mol. The molecule has 1 fully saturated rings. The summed E-state index contributed by atoms with van der Waals surface area (Å²) in [4.78, 5) is 4.42. The van der Waals surface area contributed by atoms with Gasteiger partial charge in [-0.3, -0.25) is 0 Å². The normalized spacial score (nSPS) is 19.6. The second kappa shape index (κ2) is 5.69. The topological polar surface area (TPSA) is 38.9 Å². The van der Waals surface area contributed by atoms with E-state index in [-0.39, 0.29) is 6.04 Å². The number of aromatic nitrogens is 1. The molecule has 0 bridgehead atoms. The highest BCUT2D eigenvalue weighted by molar-refractivity contribution is 7.99. The van der Waals surface area contributed by atoms with E-state index in [1.54, 1.807) is 0 Å². The highest BCUT2D eigenvalue weighted by Crippen LogP contribution is 2.33. The Bertz CT molecular complexity index is 332. The van der Waals surface area contributed by atoms with Crippen LogP contribution in [-0.2, 0) is 0 Å². The molecule has 1 aromatic heterocycles. The molecule has 2 nitrogen and oxygen atoms in total. The van der Waals surface area contributed by atoms with Crippen molar-refractivity contribution >= 4 is 11.8 Å². The lowest BCUT2D eigenvalue weighted by Crippen LogP contribution is -2.09. The highest BCUT2D eigenvalue weighted by Gasteiger charge is 2.15. The van der Waals surface area contributed by atoms with Crippen molar-refractivity contribution in [3.8, 4) is 0 Å². The Morgan fingerprint density at radius 2 is 2.12 bits per heavy atom. The van der Waals surface area contributed by atoms with Crippen molar-refractivity contribution in [1.29, 1.82) is 0 Å². The van der Waals surface area contributed by atoms with Gasteiger partial charge in [0.2, 0.25) is 0 Å². The third-order valence-electron chi connectivity index (χ3n) is 3.12. The molecule has 88 valence electrons. The molecule has 16 heavy (non-hydrogen) atoms. The van der Waals surface area contributed by atoms with Crippen molar-refractivity contribution in [1.82, 2.24) is 4.98 Å². The van der Waals surface area contributed by atoms with Gasteiger partial charge in [-0.15, -0.1) is 11.8 Å². The van der Waals surface area contributed by atoms with Gasteiger partial charge in [0.25, 0.3) is 0 Å². The standard InChI is InChI=1S/C13H20N2S/c1-10(14)11-7-8-15-13(9-11)16-12-5-3-2-4-6-12/h7-10,12H,2-6,14H2,1H3. The summed E-state index contributed by atoms with van der Waals surface area (Å²) in [7, 11) is 0. The third-order valence-corrected chi connectivity index (χ3v) is 4.39. The molecule has 0 saturated heterocycles. The summed E-state index contributed by atoms with van der Waals surface area (Å²) in [6, 6.07) is 4.26. The predicted molar refractivity (Wildman–Crippen MR) is 69.6 cm³/mol. The van der Waals surface area contributed by atoms with Crippen LogP contribution in [0.25, 0.3) is 0 Å². The lowest BCUT2D eigenvalue weighted by molar-refractivity contribution is 0.515. The molecule has 0 amide bonds. The lowest BCUT2D eigenvalue weighted by Gasteiger charge is -2.20. The van der Waals surface area contributed by atoms with Crippen LogP contribution in [0.4, 0.5) is 0 Å². The maximum absolute atomic E-state index is 5.88. The van der Waals surface area contributed by atoms with E-state index in [1.165, 1.54) is 37.7 Å². The second-order valence-corrected chi connectivity index (χ2v) is 5.91. The van der Waals surface area contributed by atoms with Crippen LogP contribution >= 0.6 is 11.8 Å². The van der Waals surface area contributed by atoms with Gasteiger partial charge >= 0.3 is 0 Å². The minimum absolute atomic E-state index is 0.105. The van der Waals surface area contributed by atoms with Gasteiger partial charge in [-0.2, -0.15) is 0 Å². The number of rotatable bonds is 3. The van der Waals surface area contributed by atoms with E-state index in [4.69, 9.17) is 5.73 Å². The molecule has 3 heteroatoms. The van der Waals surface area contributed by atoms with E-state index in [0.717, 1.165) is 10.3 Å². The van der Waals surface area contributed by atoms with Crippen molar-refractivity contribution in [3.63, 3.8) is 0 Å². The Balaban J connectivity index is 2.00. The van der Waals surface area contributed by atoms with Crippen LogP contribution in [0.15, 0.2) is 23.4 Å². The molecule has 1 atom stereocenters. The first-order valence-electron chi connectivity index (χ1n) is 6.14. The van der Waals surface area contributed by atoms with Crippen LogP contribution < -0.4 is 5.73 Å². The van der Waals surface area contributed by atoms with Crippen molar-refractivity contribution in [2.75, 3.05) is 0 Å². The highest BCUT2D eigenvalue weighted by atomic mass is 32.2. The van der Waals surface area contributed by atoms with Gasteiger partial charge in [0.05, 0.1) is 5.03 Å². The molecular formula is C13H20N2S. The van der Waals surface area contributed by atoms with Gasteiger partial charge in [0.1, 0.15) is 0 Å². The zero-order valence-corrected chi connectivity index (χ0v) is 10.7. The first-order chi connectivity index (χ1) is 7.75. The molecule has 0 radical (unpaired) electrons. The Morgan fingerprint density at radius 3 is 2.81 bits per heavy atom. The Labute approximate surface area is 102 Å². The fourth-order valence-corrected chi connectivity index (χ4v) is 3.36. The summed E-state index contributed by atoms with van der Waals surface area (Å²) in [5.74, 6) is 0. The molecule has 1 aromatic rings. The quantitative estimate of drug-likeness (QED) is 0.872. The van der Waals surface area contributed by atoms with Gasteiger partial charge in [0, 0.05) is 17.5 Å². The lowest BCUT2D eigenvalue weighted by atomic mass is 10.0. The van der Waals surface area contributed by atoms with Gasteiger partial charge in [0.15, 0.2) is 0 Å².